The number of aromatic hydroxyl groups is 1. The first-order chi connectivity index (χ1) is 13.2. The number of hydrogen-bond acceptors (Lipinski definition) is 1. The van der Waals surface area contributed by atoms with Crippen molar-refractivity contribution in [2.75, 3.05) is 0 Å². The molecule has 30 heavy (non-hydrogen) atoms. The Kier molecular flexibility index (Phi) is 6.07. The van der Waals surface area contributed by atoms with Crippen molar-refractivity contribution >= 4 is 0 Å². The van der Waals surface area contributed by atoms with Gasteiger partial charge in [0.1, 0.15) is 5.75 Å². The largest absolute Gasteiger partial charge is 0.507 e. The number of phenolic OH excluding ortho intramolecular Hbond substituents is 1. The molecule has 0 aromatic heterocycles. The SMILES string of the molecule is Cc1cc(C(C)(C)C)cc(C(C)(C)C)c1-c1cc(C(C)(C)C)c(O)c(C(C)(C)C)c1. The van der Waals surface area contributed by atoms with E-state index in [4.69, 9.17) is 0 Å². The Balaban J connectivity index is 3.00. The molecule has 1 N–H and O–H groups in total. The monoisotopic (exact) mass is 408 g/mol. The molecule has 2 aromatic carbocycles. The fourth-order valence-electron chi connectivity index (χ4n) is 4.12. The zero-order valence-electron chi connectivity index (χ0n) is 21.8. The van der Waals surface area contributed by atoms with Crippen LogP contribution < -0.4 is 0 Å². The van der Waals surface area contributed by atoms with Gasteiger partial charge in [-0.15, -0.1) is 0 Å². The maximum atomic E-state index is 11.2. The van der Waals surface area contributed by atoms with Gasteiger partial charge in [-0.3, -0.25) is 0 Å². The number of benzene rings is 2. The zero-order chi connectivity index (χ0) is 23.4. The molecule has 1 nitrogen and oxygen atoms in total. The van der Waals surface area contributed by atoms with Gasteiger partial charge in [0.05, 0.1) is 0 Å². The molecular formula is C29H44O. The van der Waals surface area contributed by atoms with Crippen molar-refractivity contribution in [1.29, 1.82) is 0 Å². The summed E-state index contributed by atoms with van der Waals surface area (Å²) in [4.78, 5) is 0. The molecule has 0 unspecified atom stereocenters. The summed E-state index contributed by atoms with van der Waals surface area (Å²) in [6, 6.07) is 9.20. The molecule has 0 spiro atoms. The normalized spacial score (nSPS) is 13.6. The average molecular weight is 409 g/mol. The van der Waals surface area contributed by atoms with Crippen molar-refractivity contribution in [2.45, 2.75) is 112 Å². The summed E-state index contributed by atoms with van der Waals surface area (Å²) in [7, 11) is 0. The first-order valence-corrected chi connectivity index (χ1v) is 11.3. The van der Waals surface area contributed by atoms with Crippen LogP contribution in [-0.2, 0) is 21.7 Å². The lowest BCUT2D eigenvalue weighted by Crippen LogP contribution is -2.20. The summed E-state index contributed by atoms with van der Waals surface area (Å²) >= 11 is 0. The third-order valence-corrected chi connectivity index (χ3v) is 6.02. The number of rotatable bonds is 1. The summed E-state index contributed by atoms with van der Waals surface area (Å²) < 4.78 is 0. The Labute approximate surface area is 185 Å². The Morgan fingerprint density at radius 2 is 0.933 bits per heavy atom. The molecule has 0 aliphatic carbocycles. The van der Waals surface area contributed by atoms with Gasteiger partial charge in [0.25, 0.3) is 0 Å². The van der Waals surface area contributed by atoms with Gasteiger partial charge in [-0.05, 0) is 68.5 Å². The maximum Gasteiger partial charge on any atom is 0.123 e. The van der Waals surface area contributed by atoms with Crippen molar-refractivity contribution in [3.63, 3.8) is 0 Å². The second kappa shape index (κ2) is 7.43. The fraction of sp³-hybridized carbons (Fsp3) is 0.586. The minimum absolute atomic E-state index is 0.0169. The van der Waals surface area contributed by atoms with Crippen LogP contribution in [0.25, 0.3) is 11.1 Å². The molecule has 0 heterocycles. The third kappa shape index (κ3) is 4.93. The first-order valence-electron chi connectivity index (χ1n) is 11.3. The van der Waals surface area contributed by atoms with Gasteiger partial charge < -0.3 is 5.11 Å². The van der Waals surface area contributed by atoms with E-state index in [-0.39, 0.29) is 21.7 Å². The van der Waals surface area contributed by atoms with Crippen molar-refractivity contribution in [1.82, 2.24) is 0 Å². The van der Waals surface area contributed by atoms with Gasteiger partial charge in [-0.2, -0.15) is 0 Å². The summed E-state index contributed by atoms with van der Waals surface area (Å²) in [5.41, 5.74) is 8.46. The van der Waals surface area contributed by atoms with Crippen LogP contribution in [0.2, 0.25) is 0 Å². The van der Waals surface area contributed by atoms with E-state index in [1.165, 1.54) is 27.8 Å². The minimum atomic E-state index is -0.138. The van der Waals surface area contributed by atoms with Crippen LogP contribution in [0.5, 0.6) is 5.75 Å². The van der Waals surface area contributed by atoms with Crippen molar-refractivity contribution in [3.8, 4) is 16.9 Å². The van der Waals surface area contributed by atoms with E-state index in [1.807, 2.05) is 0 Å². The lowest BCUT2D eigenvalue weighted by Gasteiger charge is -2.32. The van der Waals surface area contributed by atoms with Gasteiger partial charge in [-0.1, -0.05) is 95.2 Å². The van der Waals surface area contributed by atoms with E-state index in [1.54, 1.807) is 0 Å². The lowest BCUT2D eigenvalue weighted by molar-refractivity contribution is 0.423. The Bertz CT molecular complexity index is 898. The van der Waals surface area contributed by atoms with E-state index in [2.05, 4.69) is 114 Å². The predicted molar refractivity (Wildman–Crippen MR) is 133 cm³/mol. The van der Waals surface area contributed by atoms with Crippen LogP contribution in [0.15, 0.2) is 24.3 Å². The standard InChI is InChI=1S/C29H44O/c1-18-14-20(26(2,3)4)17-21(27(5,6)7)24(18)19-15-22(28(8,9)10)25(30)23(16-19)29(11,12)13/h14-17,30H,1-13H3. The highest BCUT2D eigenvalue weighted by molar-refractivity contribution is 5.76. The summed E-state index contributed by atoms with van der Waals surface area (Å²) in [5.74, 6) is 0.444. The first kappa shape index (κ1) is 24.5. The van der Waals surface area contributed by atoms with Crippen molar-refractivity contribution in [2.24, 2.45) is 0 Å². The molecule has 0 bridgehead atoms. The number of hydrogen-bond donors (Lipinski definition) is 1. The molecule has 0 saturated carbocycles. The highest BCUT2D eigenvalue weighted by atomic mass is 16.3. The molecule has 0 aliphatic heterocycles. The highest BCUT2D eigenvalue weighted by Gasteiger charge is 2.29. The molecule has 0 fully saturated rings. The number of phenols is 1. The minimum Gasteiger partial charge on any atom is -0.507 e. The van der Waals surface area contributed by atoms with Crippen molar-refractivity contribution < 1.29 is 5.11 Å². The molecular weight excluding hydrogens is 364 g/mol. The number of aryl methyl sites for hydroxylation is 1. The summed E-state index contributed by atoms with van der Waals surface area (Å²) in [6.45, 7) is 29.1. The molecule has 166 valence electrons. The van der Waals surface area contributed by atoms with Gasteiger partial charge >= 0.3 is 0 Å². The molecule has 0 amide bonds. The van der Waals surface area contributed by atoms with Crippen LogP contribution in [0.4, 0.5) is 0 Å². The zero-order valence-corrected chi connectivity index (χ0v) is 21.8. The third-order valence-electron chi connectivity index (χ3n) is 6.02. The summed E-state index contributed by atoms with van der Waals surface area (Å²) in [6.07, 6.45) is 0. The van der Waals surface area contributed by atoms with E-state index in [0.29, 0.717) is 5.75 Å². The van der Waals surface area contributed by atoms with Crippen molar-refractivity contribution in [3.05, 3.63) is 52.1 Å². The highest BCUT2D eigenvalue weighted by Crippen LogP contribution is 2.45. The Hall–Kier alpha value is -1.76. The van der Waals surface area contributed by atoms with E-state index in [0.717, 1.165) is 11.1 Å². The van der Waals surface area contributed by atoms with Gasteiger partial charge in [0, 0.05) is 11.1 Å². The van der Waals surface area contributed by atoms with E-state index < -0.39 is 0 Å². The molecule has 0 saturated heterocycles. The topological polar surface area (TPSA) is 20.2 Å². The fourth-order valence-corrected chi connectivity index (χ4v) is 4.12. The second-order valence-electron chi connectivity index (χ2n) is 13.1. The maximum absolute atomic E-state index is 11.2. The molecule has 2 rings (SSSR count). The van der Waals surface area contributed by atoms with Crippen LogP contribution in [-0.4, -0.2) is 5.11 Å². The summed E-state index contributed by atoms with van der Waals surface area (Å²) in [5, 5.41) is 11.2. The van der Waals surface area contributed by atoms with Crippen LogP contribution in [0.3, 0.4) is 0 Å². The molecule has 0 aliphatic rings. The predicted octanol–water partition coefficient (Wildman–Crippen LogP) is 8.56. The quantitative estimate of drug-likeness (QED) is 0.501. The lowest BCUT2D eigenvalue weighted by atomic mass is 9.73. The Morgan fingerprint density at radius 1 is 0.533 bits per heavy atom. The molecule has 0 radical (unpaired) electrons. The van der Waals surface area contributed by atoms with Gasteiger partial charge in [0.2, 0.25) is 0 Å². The average Bonchev–Trinajstić information content (AvgIpc) is 2.50. The van der Waals surface area contributed by atoms with Gasteiger partial charge in [0.15, 0.2) is 0 Å². The van der Waals surface area contributed by atoms with E-state index >= 15 is 0 Å². The van der Waals surface area contributed by atoms with Gasteiger partial charge in [-0.25, -0.2) is 0 Å². The second-order valence-corrected chi connectivity index (χ2v) is 13.1. The van der Waals surface area contributed by atoms with Crippen LogP contribution in [0, 0.1) is 6.92 Å². The smallest absolute Gasteiger partial charge is 0.123 e. The van der Waals surface area contributed by atoms with E-state index in [9.17, 15) is 5.11 Å². The van der Waals surface area contributed by atoms with Crippen LogP contribution in [0.1, 0.15) is 111 Å². The Morgan fingerprint density at radius 3 is 1.27 bits per heavy atom. The molecule has 0 atom stereocenters. The molecule has 1 heteroatoms. The molecule has 2 aromatic rings. The van der Waals surface area contributed by atoms with Crippen LogP contribution >= 0.6 is 0 Å².